The summed E-state index contributed by atoms with van der Waals surface area (Å²) in [4.78, 5) is 18.3. The second-order valence-corrected chi connectivity index (χ2v) is 7.21. The van der Waals surface area contributed by atoms with Crippen molar-refractivity contribution in [3.05, 3.63) is 64.5 Å². The van der Waals surface area contributed by atoms with Crippen molar-refractivity contribution in [1.29, 1.82) is 0 Å². The van der Waals surface area contributed by atoms with E-state index in [0.717, 1.165) is 18.2 Å². The van der Waals surface area contributed by atoms with Gasteiger partial charge >= 0.3 is 6.18 Å². The van der Waals surface area contributed by atoms with E-state index in [1.165, 1.54) is 30.1 Å². The third-order valence-corrected chi connectivity index (χ3v) is 5.29. The van der Waals surface area contributed by atoms with Gasteiger partial charge in [-0.05, 0) is 29.8 Å². The number of hydrogen-bond acceptors (Lipinski definition) is 5. The van der Waals surface area contributed by atoms with Crippen molar-refractivity contribution in [1.82, 2.24) is 9.88 Å². The maximum Gasteiger partial charge on any atom is 0.416 e. The van der Waals surface area contributed by atoms with E-state index in [1.807, 2.05) is 0 Å². The predicted molar refractivity (Wildman–Crippen MR) is 104 cm³/mol. The smallest absolute Gasteiger partial charge is 0.416 e. The zero-order chi connectivity index (χ0) is 22.5. The number of ether oxygens (including phenoxy) is 1. The molecule has 0 spiro atoms. The summed E-state index contributed by atoms with van der Waals surface area (Å²) in [5, 5.41) is 9.93. The molecule has 6 nitrogen and oxygen atoms in total. The van der Waals surface area contributed by atoms with E-state index in [-0.39, 0.29) is 35.9 Å². The molecule has 3 aromatic rings. The first-order valence-electron chi connectivity index (χ1n) is 9.20. The number of anilines is 1. The Morgan fingerprint density at radius 1 is 1.29 bits per heavy atom. The van der Waals surface area contributed by atoms with Crippen LogP contribution in [0.5, 0.6) is 5.75 Å². The van der Waals surface area contributed by atoms with Gasteiger partial charge in [-0.25, -0.2) is 9.37 Å². The van der Waals surface area contributed by atoms with Crippen LogP contribution in [-0.2, 0) is 12.8 Å². The van der Waals surface area contributed by atoms with Gasteiger partial charge in [0.05, 0.1) is 29.3 Å². The highest BCUT2D eigenvalue weighted by Gasteiger charge is 2.36. The van der Waals surface area contributed by atoms with Gasteiger partial charge in [0.15, 0.2) is 0 Å². The highest BCUT2D eigenvalue weighted by molar-refractivity contribution is 5.99. The summed E-state index contributed by atoms with van der Waals surface area (Å²) < 4.78 is 58.9. The Bertz CT molecular complexity index is 1200. The van der Waals surface area contributed by atoms with E-state index in [4.69, 9.17) is 10.5 Å². The van der Waals surface area contributed by atoms with Gasteiger partial charge in [0.1, 0.15) is 24.0 Å². The first kappa shape index (κ1) is 20.9. The van der Waals surface area contributed by atoms with Gasteiger partial charge in [0.25, 0.3) is 5.91 Å². The van der Waals surface area contributed by atoms with Gasteiger partial charge in [-0.3, -0.25) is 4.79 Å². The molecule has 4 rings (SSSR count). The number of nitrogens with zero attached hydrogens (tertiary/aromatic N) is 2. The molecule has 0 radical (unpaired) electrons. The molecule has 1 aliphatic rings. The van der Waals surface area contributed by atoms with Crippen LogP contribution < -0.4 is 10.5 Å². The Kier molecular flexibility index (Phi) is 4.97. The number of benzene rings is 2. The molecule has 2 heterocycles. The Labute approximate surface area is 173 Å². The number of nitrogens with two attached hydrogens (primary N) is 1. The number of nitrogen functional groups attached to an aromatic ring is 1. The molecular weight excluding hydrogens is 418 g/mol. The van der Waals surface area contributed by atoms with Crippen LogP contribution in [0.4, 0.5) is 23.4 Å². The van der Waals surface area contributed by atoms with Crippen LogP contribution in [0.1, 0.15) is 33.1 Å². The number of pyridine rings is 1. The lowest BCUT2D eigenvalue weighted by Crippen LogP contribution is -2.32. The molecule has 0 aliphatic carbocycles. The van der Waals surface area contributed by atoms with E-state index in [2.05, 4.69) is 4.98 Å². The van der Waals surface area contributed by atoms with Crippen molar-refractivity contribution in [2.75, 3.05) is 19.4 Å². The highest BCUT2D eigenvalue weighted by Crippen LogP contribution is 2.40. The molecule has 10 heteroatoms. The fourth-order valence-corrected chi connectivity index (χ4v) is 3.66. The zero-order valence-corrected chi connectivity index (χ0v) is 16.2. The molecule has 0 fully saturated rings. The number of rotatable bonds is 3. The largest absolute Gasteiger partial charge is 0.491 e. The Morgan fingerprint density at radius 3 is 2.71 bits per heavy atom. The number of halogens is 4. The number of aliphatic hydroxyl groups excluding tert-OH is 1. The summed E-state index contributed by atoms with van der Waals surface area (Å²) in [6, 6.07) is 6.13. The van der Waals surface area contributed by atoms with Crippen molar-refractivity contribution < 1.29 is 32.2 Å². The van der Waals surface area contributed by atoms with Gasteiger partial charge < -0.3 is 20.5 Å². The lowest BCUT2D eigenvalue weighted by atomic mass is 10.0. The standard InChI is InChI=1S/C21H17F4N3O3/c1-28(17-9-31-18-5-11(21(23,24)25)2-3-12(17)18)20(30)14-6-13-10(8-29)4-19(26)27-16(13)7-15(14)22/h2-7,17,29H,8-9H2,1H3,(H2,26,27). The number of carbonyl (C=O) groups is 1. The fraction of sp³-hybridized carbons (Fsp3) is 0.238. The average Bonchev–Trinajstić information content (AvgIpc) is 3.14. The van der Waals surface area contributed by atoms with Crippen molar-refractivity contribution >= 4 is 22.6 Å². The van der Waals surface area contributed by atoms with Crippen molar-refractivity contribution in [3.8, 4) is 5.75 Å². The maximum absolute atomic E-state index is 14.7. The number of likely N-dealkylation sites (N-methyl/N-ethyl adjacent to an activating group) is 1. The van der Waals surface area contributed by atoms with Crippen LogP contribution >= 0.6 is 0 Å². The maximum atomic E-state index is 14.7. The van der Waals surface area contributed by atoms with Crippen LogP contribution in [0.3, 0.4) is 0 Å². The minimum absolute atomic E-state index is 0.0284. The number of aromatic nitrogens is 1. The van der Waals surface area contributed by atoms with Gasteiger partial charge in [-0.1, -0.05) is 6.07 Å². The normalized spacial score (nSPS) is 15.6. The SMILES string of the molecule is CN(C(=O)c1cc2c(CO)cc(N)nc2cc1F)C1COc2cc(C(F)(F)F)ccc21. The Hall–Kier alpha value is -3.40. The number of fused-ring (bicyclic) bond motifs is 2. The summed E-state index contributed by atoms with van der Waals surface area (Å²) in [6.45, 7) is -0.447. The minimum Gasteiger partial charge on any atom is -0.491 e. The van der Waals surface area contributed by atoms with Crippen LogP contribution in [0, 0.1) is 5.82 Å². The first-order valence-corrected chi connectivity index (χ1v) is 9.20. The summed E-state index contributed by atoms with van der Waals surface area (Å²) in [6.07, 6.45) is -4.52. The second-order valence-electron chi connectivity index (χ2n) is 7.21. The van der Waals surface area contributed by atoms with Crippen molar-refractivity contribution in [2.24, 2.45) is 0 Å². The molecule has 3 N–H and O–H groups in total. The molecule has 1 aromatic heterocycles. The molecule has 31 heavy (non-hydrogen) atoms. The predicted octanol–water partition coefficient (Wildman–Crippen LogP) is 3.67. The summed E-state index contributed by atoms with van der Waals surface area (Å²) in [7, 11) is 1.42. The third kappa shape index (κ3) is 3.63. The molecule has 2 aromatic carbocycles. The van der Waals surface area contributed by atoms with Gasteiger partial charge in [-0.15, -0.1) is 0 Å². The average molecular weight is 435 g/mol. The number of hydrogen-bond donors (Lipinski definition) is 2. The Morgan fingerprint density at radius 2 is 2.03 bits per heavy atom. The zero-order valence-electron chi connectivity index (χ0n) is 16.2. The summed E-state index contributed by atoms with van der Waals surface area (Å²) in [5.74, 6) is -1.40. The topological polar surface area (TPSA) is 88.7 Å². The molecule has 0 bridgehead atoms. The number of alkyl halides is 3. The van der Waals surface area contributed by atoms with E-state index in [9.17, 15) is 27.5 Å². The quantitative estimate of drug-likeness (QED) is 0.613. The highest BCUT2D eigenvalue weighted by atomic mass is 19.4. The molecule has 1 aliphatic heterocycles. The fourth-order valence-electron chi connectivity index (χ4n) is 3.66. The monoisotopic (exact) mass is 435 g/mol. The summed E-state index contributed by atoms with van der Waals surface area (Å²) >= 11 is 0. The van der Waals surface area contributed by atoms with Crippen LogP contribution in [-0.4, -0.2) is 34.6 Å². The van der Waals surface area contributed by atoms with E-state index >= 15 is 0 Å². The molecule has 1 atom stereocenters. The minimum atomic E-state index is -4.52. The van der Waals surface area contributed by atoms with E-state index < -0.39 is 29.5 Å². The van der Waals surface area contributed by atoms with Crippen molar-refractivity contribution in [3.63, 3.8) is 0 Å². The van der Waals surface area contributed by atoms with Crippen molar-refractivity contribution in [2.45, 2.75) is 18.8 Å². The molecule has 1 amide bonds. The van der Waals surface area contributed by atoms with E-state index in [1.54, 1.807) is 0 Å². The second kappa shape index (κ2) is 7.38. The first-order chi connectivity index (χ1) is 14.6. The van der Waals surface area contributed by atoms with Crippen LogP contribution in [0.15, 0.2) is 36.4 Å². The van der Waals surface area contributed by atoms with Gasteiger partial charge in [-0.2, -0.15) is 13.2 Å². The number of aliphatic hydroxyl groups is 1. The number of carbonyl (C=O) groups excluding carboxylic acids is 1. The van der Waals surface area contributed by atoms with Crippen LogP contribution in [0.25, 0.3) is 10.9 Å². The molecule has 0 saturated heterocycles. The van der Waals surface area contributed by atoms with Crippen LogP contribution in [0.2, 0.25) is 0 Å². The molecular formula is C21H17F4N3O3. The number of amides is 1. The lowest BCUT2D eigenvalue weighted by Gasteiger charge is -2.24. The Balaban J connectivity index is 1.69. The lowest BCUT2D eigenvalue weighted by molar-refractivity contribution is -0.137. The third-order valence-electron chi connectivity index (χ3n) is 5.29. The van der Waals surface area contributed by atoms with E-state index in [0.29, 0.717) is 16.5 Å². The molecule has 1 unspecified atom stereocenters. The molecule has 162 valence electrons. The molecule has 0 saturated carbocycles. The van der Waals surface area contributed by atoms with Gasteiger partial charge in [0, 0.05) is 24.1 Å². The van der Waals surface area contributed by atoms with Gasteiger partial charge in [0.2, 0.25) is 0 Å². The summed E-state index contributed by atoms with van der Waals surface area (Å²) in [5.41, 5.74) is 5.51.